The molecule has 4 aromatic rings. The Morgan fingerprint density at radius 2 is 1.58 bits per heavy atom. The summed E-state index contributed by atoms with van der Waals surface area (Å²) in [6, 6.07) is 19.4. The van der Waals surface area contributed by atoms with Crippen LogP contribution in [-0.4, -0.2) is 15.7 Å². The molecule has 0 N–H and O–H groups in total. The number of rotatable bonds is 3. The van der Waals surface area contributed by atoms with Crippen LogP contribution in [0.3, 0.4) is 0 Å². The molecule has 0 atom stereocenters. The molecule has 0 radical (unpaired) electrons. The van der Waals surface area contributed by atoms with E-state index in [4.69, 9.17) is 4.98 Å². The van der Waals surface area contributed by atoms with E-state index >= 15 is 0 Å². The number of aldehydes is 1. The first kappa shape index (κ1) is 14.3. The zero-order valence-corrected chi connectivity index (χ0v) is 12.7. The van der Waals surface area contributed by atoms with E-state index in [-0.39, 0.29) is 5.82 Å². The van der Waals surface area contributed by atoms with Gasteiger partial charge in [0.25, 0.3) is 0 Å². The molecule has 0 aliphatic rings. The highest BCUT2D eigenvalue weighted by Crippen LogP contribution is 2.32. The van der Waals surface area contributed by atoms with Crippen LogP contribution in [0.2, 0.25) is 0 Å². The van der Waals surface area contributed by atoms with Crippen molar-refractivity contribution in [2.75, 3.05) is 0 Å². The van der Waals surface area contributed by atoms with Crippen LogP contribution in [0.4, 0.5) is 4.39 Å². The van der Waals surface area contributed by atoms with Crippen molar-refractivity contribution in [2.24, 2.45) is 0 Å². The Morgan fingerprint density at radius 3 is 2.29 bits per heavy atom. The molecule has 24 heavy (non-hydrogen) atoms. The van der Waals surface area contributed by atoms with Crippen molar-refractivity contribution in [3.05, 3.63) is 84.3 Å². The summed E-state index contributed by atoms with van der Waals surface area (Å²) in [5, 5.41) is 0. The topological polar surface area (TPSA) is 34.4 Å². The molecule has 0 aliphatic heterocycles. The summed E-state index contributed by atoms with van der Waals surface area (Å²) in [6.45, 7) is 0. The first-order valence-corrected chi connectivity index (χ1v) is 7.55. The van der Waals surface area contributed by atoms with Crippen LogP contribution in [0.1, 0.15) is 10.4 Å². The number of aromatic nitrogens is 2. The van der Waals surface area contributed by atoms with Gasteiger partial charge in [0, 0.05) is 22.9 Å². The van der Waals surface area contributed by atoms with Gasteiger partial charge in [-0.3, -0.25) is 9.20 Å². The van der Waals surface area contributed by atoms with Gasteiger partial charge in [-0.15, -0.1) is 0 Å². The lowest BCUT2D eigenvalue weighted by Gasteiger charge is -2.06. The molecule has 4 heteroatoms. The van der Waals surface area contributed by atoms with E-state index in [1.165, 1.54) is 12.1 Å². The number of pyridine rings is 1. The van der Waals surface area contributed by atoms with Gasteiger partial charge < -0.3 is 0 Å². The molecular weight excluding hydrogens is 303 g/mol. The van der Waals surface area contributed by atoms with Crippen molar-refractivity contribution in [1.29, 1.82) is 0 Å². The third-order valence-electron chi connectivity index (χ3n) is 3.97. The van der Waals surface area contributed by atoms with Crippen LogP contribution in [0.5, 0.6) is 0 Å². The Kier molecular flexibility index (Phi) is 3.43. The molecule has 0 spiro atoms. The SMILES string of the molecule is O=Cc1ccc(-c2nc3ccccn3c2-c2ccc(F)cc2)cc1. The van der Waals surface area contributed by atoms with Gasteiger partial charge >= 0.3 is 0 Å². The summed E-state index contributed by atoms with van der Waals surface area (Å²) in [5.74, 6) is -0.274. The monoisotopic (exact) mass is 316 g/mol. The second-order valence-electron chi connectivity index (χ2n) is 5.48. The fraction of sp³-hybridized carbons (Fsp3) is 0. The highest BCUT2D eigenvalue weighted by molar-refractivity contribution is 5.83. The Balaban J connectivity index is 1.98. The van der Waals surface area contributed by atoms with Gasteiger partial charge in [-0.25, -0.2) is 9.37 Å². The zero-order chi connectivity index (χ0) is 16.5. The molecule has 0 bridgehead atoms. The van der Waals surface area contributed by atoms with Crippen molar-refractivity contribution in [1.82, 2.24) is 9.38 Å². The molecule has 0 fully saturated rings. The van der Waals surface area contributed by atoms with Crippen LogP contribution >= 0.6 is 0 Å². The average Bonchev–Trinajstić information content (AvgIpc) is 3.02. The van der Waals surface area contributed by atoms with Crippen LogP contribution < -0.4 is 0 Å². The molecule has 116 valence electrons. The van der Waals surface area contributed by atoms with Crippen molar-refractivity contribution >= 4 is 11.9 Å². The highest BCUT2D eigenvalue weighted by Gasteiger charge is 2.15. The maximum atomic E-state index is 13.3. The number of nitrogens with zero attached hydrogens (tertiary/aromatic N) is 2. The number of carbonyl (C=O) groups is 1. The summed E-state index contributed by atoms with van der Waals surface area (Å²) in [6.07, 6.45) is 2.75. The maximum absolute atomic E-state index is 13.3. The van der Waals surface area contributed by atoms with E-state index in [0.29, 0.717) is 5.56 Å². The summed E-state index contributed by atoms with van der Waals surface area (Å²) in [4.78, 5) is 15.6. The summed E-state index contributed by atoms with van der Waals surface area (Å²) in [7, 11) is 0. The molecule has 2 heterocycles. The molecule has 0 amide bonds. The minimum absolute atomic E-state index is 0.274. The molecular formula is C20H13FN2O. The second kappa shape index (κ2) is 5.74. The lowest BCUT2D eigenvalue weighted by atomic mass is 10.0. The molecule has 0 saturated heterocycles. The van der Waals surface area contributed by atoms with E-state index in [9.17, 15) is 9.18 Å². The van der Waals surface area contributed by atoms with Crippen molar-refractivity contribution in [2.45, 2.75) is 0 Å². The lowest BCUT2D eigenvalue weighted by Crippen LogP contribution is -1.90. The summed E-state index contributed by atoms with van der Waals surface area (Å²) in [5.41, 5.74) is 4.90. The van der Waals surface area contributed by atoms with Gasteiger partial charge in [-0.2, -0.15) is 0 Å². The van der Waals surface area contributed by atoms with Crippen molar-refractivity contribution < 1.29 is 9.18 Å². The first-order chi connectivity index (χ1) is 11.8. The van der Waals surface area contributed by atoms with Crippen molar-refractivity contribution in [3.63, 3.8) is 0 Å². The Morgan fingerprint density at radius 1 is 0.875 bits per heavy atom. The predicted octanol–water partition coefficient (Wildman–Crippen LogP) is 4.62. The average molecular weight is 316 g/mol. The standard InChI is InChI=1S/C20H13FN2O/c21-17-10-8-16(9-11-17)20-19(15-6-4-14(13-24)5-7-15)22-18-3-1-2-12-23(18)20/h1-13H. The quantitative estimate of drug-likeness (QED) is 0.517. The molecule has 2 aromatic heterocycles. The molecule has 0 saturated carbocycles. The van der Waals surface area contributed by atoms with Gasteiger partial charge in [-0.1, -0.05) is 30.3 Å². The minimum Gasteiger partial charge on any atom is -0.299 e. The highest BCUT2D eigenvalue weighted by atomic mass is 19.1. The van der Waals surface area contributed by atoms with Gasteiger partial charge in [0.15, 0.2) is 0 Å². The molecule has 2 aromatic carbocycles. The van der Waals surface area contributed by atoms with E-state index < -0.39 is 0 Å². The van der Waals surface area contributed by atoms with Gasteiger partial charge in [0.05, 0.1) is 11.4 Å². The third-order valence-corrected chi connectivity index (χ3v) is 3.97. The normalized spacial score (nSPS) is 10.9. The fourth-order valence-corrected chi connectivity index (χ4v) is 2.80. The minimum atomic E-state index is -0.274. The maximum Gasteiger partial charge on any atom is 0.150 e. The molecule has 4 rings (SSSR count). The number of hydrogen-bond donors (Lipinski definition) is 0. The number of imidazole rings is 1. The molecule has 0 aliphatic carbocycles. The molecule has 3 nitrogen and oxygen atoms in total. The van der Waals surface area contributed by atoms with Crippen LogP contribution in [-0.2, 0) is 0 Å². The van der Waals surface area contributed by atoms with Crippen LogP contribution in [0.25, 0.3) is 28.2 Å². The lowest BCUT2D eigenvalue weighted by molar-refractivity contribution is 0.112. The van der Waals surface area contributed by atoms with E-state index in [1.54, 1.807) is 24.3 Å². The van der Waals surface area contributed by atoms with E-state index in [2.05, 4.69) is 0 Å². The first-order valence-electron chi connectivity index (χ1n) is 7.55. The van der Waals surface area contributed by atoms with Crippen molar-refractivity contribution in [3.8, 4) is 22.5 Å². The van der Waals surface area contributed by atoms with E-state index in [1.807, 2.05) is 40.9 Å². The second-order valence-corrected chi connectivity index (χ2v) is 5.48. The number of fused-ring (bicyclic) bond motifs is 1. The summed E-state index contributed by atoms with van der Waals surface area (Å²) >= 11 is 0. The van der Waals surface area contributed by atoms with E-state index in [0.717, 1.165) is 34.4 Å². The Hall–Kier alpha value is -3.27. The summed E-state index contributed by atoms with van der Waals surface area (Å²) < 4.78 is 15.3. The van der Waals surface area contributed by atoms with Crippen LogP contribution in [0.15, 0.2) is 72.9 Å². The largest absolute Gasteiger partial charge is 0.299 e. The number of halogens is 1. The van der Waals surface area contributed by atoms with Gasteiger partial charge in [0.1, 0.15) is 17.8 Å². The zero-order valence-electron chi connectivity index (χ0n) is 12.7. The third kappa shape index (κ3) is 2.38. The number of benzene rings is 2. The number of carbonyl (C=O) groups excluding carboxylic acids is 1. The Labute approximate surface area is 138 Å². The predicted molar refractivity (Wildman–Crippen MR) is 91.4 cm³/mol. The number of hydrogen-bond acceptors (Lipinski definition) is 2. The smallest absolute Gasteiger partial charge is 0.150 e. The Bertz CT molecular complexity index is 1020. The van der Waals surface area contributed by atoms with Gasteiger partial charge in [0.2, 0.25) is 0 Å². The molecule has 0 unspecified atom stereocenters. The van der Waals surface area contributed by atoms with Crippen LogP contribution in [0, 0.1) is 5.82 Å². The fourth-order valence-electron chi connectivity index (χ4n) is 2.80. The van der Waals surface area contributed by atoms with Gasteiger partial charge in [-0.05, 0) is 36.4 Å².